The molecule has 2 rings (SSSR count). The Hall–Kier alpha value is -0.410. The van der Waals surface area contributed by atoms with Gasteiger partial charge in [0.1, 0.15) is 0 Å². The van der Waals surface area contributed by atoms with Gasteiger partial charge in [0.25, 0.3) is 0 Å². The molecule has 2 nitrogen and oxygen atoms in total. The van der Waals surface area contributed by atoms with Crippen LogP contribution in [0.15, 0.2) is 11.7 Å². The van der Waals surface area contributed by atoms with Crippen molar-refractivity contribution >= 4 is 11.3 Å². The Kier molecular flexibility index (Phi) is 3.42. The molecule has 0 aliphatic heterocycles. The van der Waals surface area contributed by atoms with E-state index >= 15 is 0 Å². The summed E-state index contributed by atoms with van der Waals surface area (Å²) in [5.41, 5.74) is 1.97. The normalized spacial score (nSPS) is 22.5. The molecule has 0 radical (unpaired) electrons. The van der Waals surface area contributed by atoms with Crippen molar-refractivity contribution < 1.29 is 4.74 Å². The molecule has 1 heterocycles. The van der Waals surface area contributed by atoms with Crippen LogP contribution in [0.3, 0.4) is 0 Å². The van der Waals surface area contributed by atoms with Crippen LogP contribution in [0.4, 0.5) is 0 Å². The first-order chi connectivity index (χ1) is 7.20. The Morgan fingerprint density at radius 1 is 1.40 bits per heavy atom. The first-order valence-electron chi connectivity index (χ1n) is 5.76. The average Bonchev–Trinajstić information content (AvgIpc) is 2.70. The van der Waals surface area contributed by atoms with E-state index in [1.54, 1.807) is 11.3 Å². The van der Waals surface area contributed by atoms with Crippen LogP contribution >= 0.6 is 11.3 Å². The van der Waals surface area contributed by atoms with Gasteiger partial charge in [0.15, 0.2) is 0 Å². The van der Waals surface area contributed by atoms with E-state index < -0.39 is 0 Å². The molecule has 1 aromatic heterocycles. The lowest BCUT2D eigenvalue weighted by atomic mass is 9.86. The number of aromatic nitrogens is 1. The lowest BCUT2D eigenvalue weighted by Gasteiger charge is -2.35. The quantitative estimate of drug-likeness (QED) is 0.777. The van der Waals surface area contributed by atoms with E-state index in [4.69, 9.17) is 4.74 Å². The van der Waals surface area contributed by atoms with Gasteiger partial charge in [-0.1, -0.05) is 19.3 Å². The molecule has 0 aromatic carbocycles. The van der Waals surface area contributed by atoms with Gasteiger partial charge in [-0.3, -0.25) is 4.98 Å². The molecule has 3 heteroatoms. The zero-order chi connectivity index (χ0) is 10.7. The third-order valence-corrected chi connectivity index (χ3v) is 4.16. The van der Waals surface area contributed by atoms with Crippen molar-refractivity contribution in [1.82, 2.24) is 4.98 Å². The fraction of sp³-hybridized carbons (Fsp3) is 0.750. The number of hydrogen-bond acceptors (Lipinski definition) is 3. The zero-order valence-corrected chi connectivity index (χ0v) is 10.3. The van der Waals surface area contributed by atoms with Crippen LogP contribution in [-0.2, 0) is 4.74 Å². The van der Waals surface area contributed by atoms with E-state index in [0.29, 0.717) is 0 Å². The molecular weight excluding hydrogens is 206 g/mol. The molecule has 0 saturated heterocycles. The van der Waals surface area contributed by atoms with Gasteiger partial charge < -0.3 is 4.74 Å². The third-order valence-electron chi connectivity index (χ3n) is 3.22. The maximum absolute atomic E-state index is 6.19. The Morgan fingerprint density at radius 3 is 2.73 bits per heavy atom. The van der Waals surface area contributed by atoms with Gasteiger partial charge in [0.2, 0.25) is 0 Å². The summed E-state index contributed by atoms with van der Waals surface area (Å²) in [6.07, 6.45) is 8.51. The second kappa shape index (κ2) is 4.62. The second-order valence-corrected chi connectivity index (χ2v) is 5.59. The summed E-state index contributed by atoms with van der Waals surface area (Å²) < 4.78 is 6.19. The summed E-state index contributed by atoms with van der Waals surface area (Å²) in [4.78, 5) is 5.34. The fourth-order valence-corrected chi connectivity index (χ4v) is 2.93. The van der Waals surface area contributed by atoms with Gasteiger partial charge in [-0.25, -0.2) is 0 Å². The molecule has 0 amide bonds. The number of thiazole rings is 1. The van der Waals surface area contributed by atoms with Crippen LogP contribution in [0.25, 0.3) is 0 Å². The van der Waals surface area contributed by atoms with E-state index in [1.807, 2.05) is 11.7 Å². The largest absolute Gasteiger partial charge is 0.367 e. The lowest BCUT2D eigenvalue weighted by molar-refractivity contribution is -0.0960. The van der Waals surface area contributed by atoms with E-state index in [1.165, 1.54) is 37.0 Å². The highest BCUT2D eigenvalue weighted by atomic mass is 32.1. The van der Waals surface area contributed by atoms with Gasteiger partial charge in [-0.15, -0.1) is 11.3 Å². The fourth-order valence-electron chi connectivity index (χ4n) is 2.33. The molecular formula is C12H19NOS. The van der Waals surface area contributed by atoms with E-state index in [9.17, 15) is 0 Å². The minimum absolute atomic E-state index is 0.0989. The van der Waals surface area contributed by atoms with Crippen LogP contribution in [0.2, 0.25) is 0 Å². The SMILES string of the molecule is CC(OC1(C)CCCCC1)c1cncs1. The predicted octanol–water partition coefficient (Wildman–Crippen LogP) is 3.94. The standard InChI is InChI=1S/C12H19NOS/c1-10(11-8-13-9-15-11)14-12(2)6-4-3-5-7-12/h8-10H,3-7H2,1-2H3. The topological polar surface area (TPSA) is 22.1 Å². The zero-order valence-electron chi connectivity index (χ0n) is 9.53. The van der Waals surface area contributed by atoms with Crippen molar-refractivity contribution in [1.29, 1.82) is 0 Å². The molecule has 1 atom stereocenters. The predicted molar refractivity (Wildman–Crippen MR) is 63.1 cm³/mol. The molecule has 0 N–H and O–H groups in total. The van der Waals surface area contributed by atoms with E-state index in [0.717, 1.165) is 0 Å². The van der Waals surface area contributed by atoms with Crippen molar-refractivity contribution in [3.8, 4) is 0 Å². The summed E-state index contributed by atoms with van der Waals surface area (Å²) >= 11 is 1.68. The number of rotatable bonds is 3. The van der Waals surface area contributed by atoms with Crippen molar-refractivity contribution in [2.75, 3.05) is 0 Å². The molecule has 1 unspecified atom stereocenters. The molecule has 0 bridgehead atoms. The molecule has 15 heavy (non-hydrogen) atoms. The van der Waals surface area contributed by atoms with Crippen LogP contribution in [0.1, 0.15) is 56.9 Å². The summed E-state index contributed by atoms with van der Waals surface area (Å²) in [6, 6.07) is 0. The Balaban J connectivity index is 1.95. The van der Waals surface area contributed by atoms with Gasteiger partial charge in [-0.2, -0.15) is 0 Å². The number of hydrogen-bond donors (Lipinski definition) is 0. The van der Waals surface area contributed by atoms with Gasteiger partial charge in [0, 0.05) is 6.20 Å². The van der Waals surface area contributed by atoms with Crippen LogP contribution < -0.4 is 0 Å². The highest BCUT2D eigenvalue weighted by Gasteiger charge is 2.30. The minimum atomic E-state index is 0.0989. The lowest BCUT2D eigenvalue weighted by Crippen LogP contribution is -2.32. The van der Waals surface area contributed by atoms with Crippen LogP contribution in [0, 0.1) is 0 Å². The van der Waals surface area contributed by atoms with Crippen LogP contribution in [-0.4, -0.2) is 10.6 Å². The molecule has 0 spiro atoms. The second-order valence-electron chi connectivity index (χ2n) is 4.67. The maximum Gasteiger partial charge on any atom is 0.0912 e. The molecule has 1 aromatic rings. The van der Waals surface area contributed by atoms with Crippen molar-refractivity contribution in [2.45, 2.75) is 57.7 Å². The van der Waals surface area contributed by atoms with Crippen molar-refractivity contribution in [2.24, 2.45) is 0 Å². The first-order valence-corrected chi connectivity index (χ1v) is 6.64. The Morgan fingerprint density at radius 2 is 2.13 bits per heavy atom. The Bertz CT molecular complexity index is 291. The summed E-state index contributed by atoms with van der Waals surface area (Å²) in [5.74, 6) is 0. The van der Waals surface area contributed by atoms with Crippen LogP contribution in [0.5, 0.6) is 0 Å². The number of ether oxygens (including phenoxy) is 1. The molecule has 1 aliphatic carbocycles. The maximum atomic E-state index is 6.19. The van der Waals surface area contributed by atoms with Gasteiger partial charge >= 0.3 is 0 Å². The van der Waals surface area contributed by atoms with Crippen molar-refractivity contribution in [3.63, 3.8) is 0 Å². The smallest absolute Gasteiger partial charge is 0.0912 e. The van der Waals surface area contributed by atoms with E-state index in [-0.39, 0.29) is 11.7 Å². The third kappa shape index (κ3) is 2.79. The summed E-state index contributed by atoms with van der Waals surface area (Å²) in [5, 5.41) is 0. The van der Waals surface area contributed by atoms with E-state index in [2.05, 4.69) is 18.8 Å². The summed E-state index contributed by atoms with van der Waals surface area (Å²) in [6.45, 7) is 4.39. The van der Waals surface area contributed by atoms with Crippen molar-refractivity contribution in [3.05, 3.63) is 16.6 Å². The van der Waals surface area contributed by atoms with Gasteiger partial charge in [-0.05, 0) is 26.7 Å². The highest BCUT2D eigenvalue weighted by Crippen LogP contribution is 2.36. The average molecular weight is 225 g/mol. The number of nitrogens with zero attached hydrogens (tertiary/aromatic N) is 1. The minimum Gasteiger partial charge on any atom is -0.367 e. The summed E-state index contributed by atoms with van der Waals surface area (Å²) in [7, 11) is 0. The molecule has 1 fully saturated rings. The molecule has 1 aliphatic rings. The highest BCUT2D eigenvalue weighted by molar-refractivity contribution is 7.09. The Labute approximate surface area is 95.7 Å². The monoisotopic (exact) mass is 225 g/mol. The first kappa shape index (κ1) is 11.1. The molecule has 84 valence electrons. The van der Waals surface area contributed by atoms with Gasteiger partial charge in [0.05, 0.1) is 22.1 Å². The molecule has 1 saturated carbocycles.